The van der Waals surface area contributed by atoms with Gasteiger partial charge in [0.15, 0.2) is 5.78 Å². The van der Waals surface area contributed by atoms with Crippen molar-refractivity contribution in [2.45, 2.75) is 32.8 Å². The molecule has 1 aromatic rings. The molecule has 0 aliphatic rings. The van der Waals surface area contributed by atoms with Gasteiger partial charge in [-0.25, -0.2) is 0 Å². The van der Waals surface area contributed by atoms with E-state index in [2.05, 4.69) is 0 Å². The first-order chi connectivity index (χ1) is 8.40. The van der Waals surface area contributed by atoms with Gasteiger partial charge in [0.1, 0.15) is 5.75 Å². The molecule has 98 valence electrons. The van der Waals surface area contributed by atoms with E-state index in [1.54, 1.807) is 12.1 Å². The predicted molar refractivity (Wildman–Crippen MR) is 68.4 cm³/mol. The zero-order chi connectivity index (χ0) is 13.7. The molecule has 0 spiro atoms. The van der Waals surface area contributed by atoms with Gasteiger partial charge < -0.3 is 9.84 Å². The summed E-state index contributed by atoms with van der Waals surface area (Å²) in [6.07, 6.45) is -0.339. The van der Waals surface area contributed by atoms with E-state index in [9.17, 15) is 9.59 Å². The van der Waals surface area contributed by atoms with Crippen LogP contribution in [-0.2, 0) is 4.79 Å². The van der Waals surface area contributed by atoms with Crippen LogP contribution in [0.15, 0.2) is 18.2 Å². The van der Waals surface area contributed by atoms with E-state index < -0.39 is 5.97 Å². The SMILES string of the molecule is CC(C)Oc1ccc(Cl)cc1C(=O)CCC(=O)O. The average molecular weight is 271 g/mol. The Morgan fingerprint density at radius 2 is 2.00 bits per heavy atom. The Bertz CT molecular complexity index is 454. The Balaban J connectivity index is 2.93. The van der Waals surface area contributed by atoms with Crippen molar-refractivity contribution in [1.82, 2.24) is 0 Å². The summed E-state index contributed by atoms with van der Waals surface area (Å²) in [5.74, 6) is -0.850. The minimum Gasteiger partial charge on any atom is -0.490 e. The minimum absolute atomic E-state index is 0.0653. The van der Waals surface area contributed by atoms with Crippen LogP contribution in [0.3, 0.4) is 0 Å². The van der Waals surface area contributed by atoms with Gasteiger partial charge in [0.2, 0.25) is 0 Å². The molecule has 0 aromatic heterocycles. The number of ketones is 1. The number of hydrogen-bond donors (Lipinski definition) is 1. The van der Waals surface area contributed by atoms with E-state index in [4.69, 9.17) is 21.4 Å². The standard InChI is InChI=1S/C13H15ClO4/c1-8(2)18-12-5-3-9(14)7-10(12)11(15)4-6-13(16)17/h3,5,7-8H,4,6H2,1-2H3,(H,16,17). The average Bonchev–Trinajstić information content (AvgIpc) is 2.27. The molecule has 0 amide bonds. The van der Waals surface area contributed by atoms with Crippen molar-refractivity contribution in [3.8, 4) is 5.75 Å². The topological polar surface area (TPSA) is 63.6 Å². The quantitative estimate of drug-likeness (QED) is 0.807. The van der Waals surface area contributed by atoms with Gasteiger partial charge in [-0.3, -0.25) is 9.59 Å². The predicted octanol–water partition coefficient (Wildman–Crippen LogP) is 3.17. The first-order valence-corrected chi connectivity index (χ1v) is 5.99. The maximum absolute atomic E-state index is 11.9. The monoisotopic (exact) mass is 270 g/mol. The third-order valence-corrected chi connectivity index (χ3v) is 2.41. The number of ether oxygens (including phenoxy) is 1. The molecule has 0 radical (unpaired) electrons. The third-order valence-electron chi connectivity index (χ3n) is 2.17. The van der Waals surface area contributed by atoms with Gasteiger partial charge in [-0.05, 0) is 32.0 Å². The third kappa shape index (κ3) is 4.37. The summed E-state index contributed by atoms with van der Waals surface area (Å²) < 4.78 is 5.50. The van der Waals surface area contributed by atoms with Crippen LogP contribution in [0.25, 0.3) is 0 Å². The number of hydrogen-bond acceptors (Lipinski definition) is 3. The lowest BCUT2D eigenvalue weighted by Crippen LogP contribution is -2.11. The van der Waals surface area contributed by atoms with Gasteiger partial charge in [-0.1, -0.05) is 11.6 Å². The van der Waals surface area contributed by atoms with Crippen LogP contribution < -0.4 is 4.74 Å². The van der Waals surface area contributed by atoms with Crippen molar-refractivity contribution in [3.63, 3.8) is 0 Å². The smallest absolute Gasteiger partial charge is 0.303 e. The fourth-order valence-corrected chi connectivity index (χ4v) is 1.60. The van der Waals surface area contributed by atoms with Gasteiger partial charge in [0.25, 0.3) is 0 Å². The fourth-order valence-electron chi connectivity index (χ4n) is 1.43. The summed E-state index contributed by atoms with van der Waals surface area (Å²) in [7, 11) is 0. The molecule has 0 saturated heterocycles. The number of carbonyl (C=O) groups is 2. The van der Waals surface area contributed by atoms with Gasteiger partial charge in [-0.2, -0.15) is 0 Å². The van der Waals surface area contributed by atoms with Crippen molar-refractivity contribution in [1.29, 1.82) is 0 Å². The molecule has 0 aliphatic heterocycles. The summed E-state index contributed by atoms with van der Waals surface area (Å²) in [6, 6.07) is 4.76. The molecule has 0 bridgehead atoms. The highest BCUT2D eigenvalue weighted by Gasteiger charge is 2.15. The van der Waals surface area contributed by atoms with Crippen molar-refractivity contribution in [3.05, 3.63) is 28.8 Å². The number of benzene rings is 1. The highest BCUT2D eigenvalue weighted by molar-refractivity contribution is 6.31. The first kappa shape index (κ1) is 14.5. The van der Waals surface area contributed by atoms with Crippen molar-refractivity contribution < 1.29 is 19.4 Å². The number of carboxylic acids is 1. The van der Waals surface area contributed by atoms with Crippen LogP contribution in [0.2, 0.25) is 5.02 Å². The van der Waals surface area contributed by atoms with Crippen LogP contribution >= 0.6 is 11.6 Å². The molecule has 0 saturated carbocycles. The number of aliphatic carboxylic acids is 1. The zero-order valence-electron chi connectivity index (χ0n) is 10.3. The van der Waals surface area contributed by atoms with E-state index >= 15 is 0 Å². The van der Waals surface area contributed by atoms with Crippen molar-refractivity contribution >= 4 is 23.4 Å². The molecule has 0 unspecified atom stereocenters. The van der Waals surface area contributed by atoms with Gasteiger partial charge in [0, 0.05) is 11.4 Å². The van der Waals surface area contributed by atoms with Crippen molar-refractivity contribution in [2.75, 3.05) is 0 Å². The highest BCUT2D eigenvalue weighted by atomic mass is 35.5. The number of Topliss-reactive ketones (excluding diaryl/α,β-unsaturated/α-hetero) is 1. The second kappa shape index (κ2) is 6.40. The maximum atomic E-state index is 11.9. The largest absolute Gasteiger partial charge is 0.490 e. The molecule has 0 heterocycles. The molecule has 18 heavy (non-hydrogen) atoms. The van der Waals surface area contributed by atoms with E-state index in [-0.39, 0.29) is 24.7 Å². The lowest BCUT2D eigenvalue weighted by atomic mass is 10.1. The lowest BCUT2D eigenvalue weighted by molar-refractivity contribution is -0.136. The van der Waals surface area contributed by atoms with Crippen molar-refractivity contribution in [2.24, 2.45) is 0 Å². The van der Waals surface area contributed by atoms with E-state index in [1.165, 1.54) is 6.07 Å². The van der Waals surface area contributed by atoms with Crippen LogP contribution in [0, 0.1) is 0 Å². The molecule has 0 atom stereocenters. The molecule has 5 heteroatoms. The first-order valence-electron chi connectivity index (χ1n) is 5.61. The number of rotatable bonds is 6. The van der Waals surface area contributed by atoms with Crippen LogP contribution in [-0.4, -0.2) is 23.0 Å². The number of halogens is 1. The molecular weight excluding hydrogens is 256 g/mol. The Labute approximate surface area is 111 Å². The summed E-state index contributed by atoms with van der Waals surface area (Å²) in [6.45, 7) is 3.69. The van der Waals surface area contributed by atoms with E-state index in [0.29, 0.717) is 16.3 Å². The van der Waals surface area contributed by atoms with Crippen LogP contribution in [0.4, 0.5) is 0 Å². The summed E-state index contributed by atoms with van der Waals surface area (Å²) >= 11 is 5.84. The maximum Gasteiger partial charge on any atom is 0.303 e. The molecule has 1 rings (SSSR count). The highest BCUT2D eigenvalue weighted by Crippen LogP contribution is 2.25. The Hall–Kier alpha value is -1.55. The van der Waals surface area contributed by atoms with E-state index in [1.807, 2.05) is 13.8 Å². The van der Waals surface area contributed by atoms with Crippen LogP contribution in [0.5, 0.6) is 5.75 Å². The number of carboxylic acid groups (broad SMARTS) is 1. The molecule has 0 aliphatic carbocycles. The molecule has 4 nitrogen and oxygen atoms in total. The fraction of sp³-hybridized carbons (Fsp3) is 0.385. The van der Waals surface area contributed by atoms with E-state index in [0.717, 1.165) is 0 Å². The summed E-state index contributed by atoms with van der Waals surface area (Å²) in [5.41, 5.74) is 0.331. The Kier molecular flexibility index (Phi) is 5.16. The number of carbonyl (C=O) groups excluding carboxylic acids is 1. The molecule has 0 fully saturated rings. The summed E-state index contributed by atoms with van der Waals surface area (Å²) in [4.78, 5) is 22.4. The van der Waals surface area contributed by atoms with Crippen LogP contribution in [0.1, 0.15) is 37.0 Å². The Morgan fingerprint density at radius 3 is 2.56 bits per heavy atom. The lowest BCUT2D eigenvalue weighted by Gasteiger charge is -2.13. The second-order valence-corrected chi connectivity index (χ2v) is 4.56. The normalized spacial score (nSPS) is 10.4. The molecule has 1 aromatic carbocycles. The summed E-state index contributed by atoms with van der Waals surface area (Å²) in [5, 5.41) is 8.99. The molecular formula is C13H15ClO4. The van der Waals surface area contributed by atoms with Gasteiger partial charge in [0.05, 0.1) is 18.1 Å². The molecule has 1 N–H and O–H groups in total. The zero-order valence-corrected chi connectivity index (χ0v) is 11.0. The van der Waals surface area contributed by atoms with Gasteiger partial charge in [-0.15, -0.1) is 0 Å². The van der Waals surface area contributed by atoms with Gasteiger partial charge >= 0.3 is 5.97 Å². The Morgan fingerprint density at radius 1 is 1.33 bits per heavy atom. The minimum atomic E-state index is -1.00. The second-order valence-electron chi connectivity index (χ2n) is 4.12.